The van der Waals surface area contributed by atoms with Crippen LogP contribution in [0, 0.1) is 5.82 Å². The van der Waals surface area contributed by atoms with Crippen molar-refractivity contribution in [3.05, 3.63) is 58.4 Å². The Morgan fingerprint density at radius 1 is 1.32 bits per heavy atom. The van der Waals surface area contributed by atoms with Gasteiger partial charge >= 0.3 is 0 Å². The fraction of sp³-hybridized carbons (Fsp3) is 0.316. The zero-order valence-corrected chi connectivity index (χ0v) is 16.7. The summed E-state index contributed by atoms with van der Waals surface area (Å²) in [7, 11) is -2.67. The van der Waals surface area contributed by atoms with E-state index in [4.69, 9.17) is 16.3 Å². The summed E-state index contributed by atoms with van der Waals surface area (Å²) < 4.78 is 46.6. The molecule has 2 N–H and O–H groups in total. The van der Waals surface area contributed by atoms with Crippen LogP contribution in [0.3, 0.4) is 0 Å². The van der Waals surface area contributed by atoms with Crippen molar-refractivity contribution in [2.75, 3.05) is 13.7 Å². The summed E-state index contributed by atoms with van der Waals surface area (Å²) in [6, 6.07) is 7.75. The predicted molar refractivity (Wildman–Crippen MR) is 104 cm³/mol. The maximum absolute atomic E-state index is 13.8. The van der Waals surface area contributed by atoms with E-state index in [0.717, 1.165) is 24.6 Å². The first kappa shape index (κ1) is 20.6. The van der Waals surface area contributed by atoms with Gasteiger partial charge in [0.15, 0.2) is 0 Å². The van der Waals surface area contributed by atoms with E-state index in [1.165, 1.54) is 7.11 Å². The van der Waals surface area contributed by atoms with E-state index < -0.39 is 27.8 Å². The van der Waals surface area contributed by atoms with E-state index in [1.54, 1.807) is 18.2 Å². The van der Waals surface area contributed by atoms with Crippen LogP contribution in [0.15, 0.2) is 41.3 Å². The zero-order chi connectivity index (χ0) is 20.3. The van der Waals surface area contributed by atoms with Crippen LogP contribution in [-0.2, 0) is 21.2 Å². The van der Waals surface area contributed by atoms with Crippen molar-refractivity contribution in [1.29, 1.82) is 0 Å². The second-order valence-corrected chi connectivity index (χ2v) is 8.63. The van der Waals surface area contributed by atoms with Gasteiger partial charge in [-0.2, -0.15) is 0 Å². The quantitative estimate of drug-likeness (QED) is 0.741. The number of rotatable bonds is 6. The third-order valence-electron chi connectivity index (χ3n) is 4.49. The largest absolute Gasteiger partial charge is 0.497 e. The lowest BCUT2D eigenvalue weighted by Crippen LogP contribution is -2.43. The molecule has 2 aromatic rings. The number of halogens is 2. The van der Waals surface area contributed by atoms with Gasteiger partial charge in [0.05, 0.1) is 18.0 Å². The third kappa shape index (κ3) is 4.81. The topological polar surface area (TPSA) is 84.5 Å². The molecule has 6 nitrogen and oxygen atoms in total. The highest BCUT2D eigenvalue weighted by molar-refractivity contribution is 7.90. The lowest BCUT2D eigenvalue weighted by atomic mass is 10.0. The minimum atomic E-state index is -4.16. The number of sulfonamides is 1. The van der Waals surface area contributed by atoms with Gasteiger partial charge in [-0.3, -0.25) is 4.79 Å². The molecular weight excluding hydrogens is 407 g/mol. The summed E-state index contributed by atoms with van der Waals surface area (Å²) in [5.41, 5.74) is 0.860. The maximum atomic E-state index is 13.8. The first-order chi connectivity index (χ1) is 13.3. The van der Waals surface area contributed by atoms with Gasteiger partial charge in [0.1, 0.15) is 11.6 Å². The molecule has 0 bridgehead atoms. The molecule has 1 fully saturated rings. The standard InChI is InChI=1S/C19H20ClFN2O4S/c1-27-16-9-12(8-14(20)11-16)7-13-10-15(21)4-5-18(13)28(25,26)23-19(24)17-3-2-6-22-17/h4-5,8-11,17,22H,2-3,6-7H2,1H3,(H,23,24)/t17-/m0/s1. The van der Waals surface area contributed by atoms with Crippen LogP contribution < -0.4 is 14.8 Å². The second kappa shape index (κ2) is 8.46. The monoisotopic (exact) mass is 426 g/mol. The molecule has 1 saturated heterocycles. The minimum Gasteiger partial charge on any atom is -0.497 e. The number of carbonyl (C=O) groups is 1. The highest BCUT2D eigenvalue weighted by Gasteiger charge is 2.28. The van der Waals surface area contributed by atoms with Crippen molar-refractivity contribution in [2.45, 2.75) is 30.2 Å². The molecule has 1 aliphatic heterocycles. The molecule has 0 radical (unpaired) electrons. The minimum absolute atomic E-state index is 0.0980. The predicted octanol–water partition coefficient (Wildman–Crippen LogP) is 2.64. The van der Waals surface area contributed by atoms with Crippen LogP contribution in [0.25, 0.3) is 0 Å². The van der Waals surface area contributed by atoms with Gasteiger partial charge < -0.3 is 10.1 Å². The Hall–Kier alpha value is -2.16. The van der Waals surface area contributed by atoms with Crippen LogP contribution in [0.4, 0.5) is 4.39 Å². The number of hydrogen-bond donors (Lipinski definition) is 2. The molecule has 1 heterocycles. The lowest BCUT2D eigenvalue weighted by molar-refractivity contribution is -0.121. The molecule has 28 heavy (non-hydrogen) atoms. The van der Waals surface area contributed by atoms with Crippen molar-refractivity contribution in [3.8, 4) is 5.75 Å². The summed E-state index contributed by atoms with van der Waals surface area (Å²) in [4.78, 5) is 12.1. The van der Waals surface area contributed by atoms with Gasteiger partial charge in [0.25, 0.3) is 15.9 Å². The molecule has 1 atom stereocenters. The number of benzene rings is 2. The first-order valence-corrected chi connectivity index (χ1v) is 10.6. The number of hydrogen-bond acceptors (Lipinski definition) is 5. The SMILES string of the molecule is COc1cc(Cl)cc(Cc2cc(F)ccc2S(=O)(=O)NC(=O)[C@@H]2CCCN2)c1. The van der Waals surface area contributed by atoms with E-state index in [2.05, 4.69) is 10.0 Å². The van der Waals surface area contributed by atoms with Crippen LogP contribution in [-0.4, -0.2) is 34.0 Å². The number of carbonyl (C=O) groups excluding carboxylic acids is 1. The maximum Gasteiger partial charge on any atom is 0.264 e. The lowest BCUT2D eigenvalue weighted by Gasteiger charge is -2.15. The van der Waals surface area contributed by atoms with Gasteiger partial charge in [-0.05, 0) is 73.3 Å². The molecule has 0 unspecified atom stereocenters. The van der Waals surface area contributed by atoms with Crippen molar-refractivity contribution < 1.29 is 22.3 Å². The number of ether oxygens (including phenoxy) is 1. The van der Waals surface area contributed by atoms with Gasteiger partial charge in [-0.25, -0.2) is 17.5 Å². The van der Waals surface area contributed by atoms with Crippen molar-refractivity contribution in [3.63, 3.8) is 0 Å². The molecule has 0 aliphatic carbocycles. The highest BCUT2D eigenvalue weighted by atomic mass is 35.5. The molecule has 2 aromatic carbocycles. The zero-order valence-electron chi connectivity index (χ0n) is 15.2. The van der Waals surface area contributed by atoms with Crippen molar-refractivity contribution >= 4 is 27.5 Å². The molecule has 0 aromatic heterocycles. The second-order valence-electron chi connectivity index (χ2n) is 6.55. The molecule has 0 spiro atoms. The number of nitrogens with one attached hydrogen (secondary N) is 2. The Bertz CT molecular complexity index is 991. The highest BCUT2D eigenvalue weighted by Crippen LogP contribution is 2.26. The average molecular weight is 427 g/mol. The van der Waals surface area contributed by atoms with Crippen molar-refractivity contribution in [2.24, 2.45) is 0 Å². The normalized spacial score (nSPS) is 16.8. The molecule has 9 heteroatoms. The smallest absolute Gasteiger partial charge is 0.264 e. The van der Waals surface area contributed by atoms with Crippen LogP contribution >= 0.6 is 11.6 Å². The van der Waals surface area contributed by atoms with Gasteiger partial charge in [0.2, 0.25) is 0 Å². The van der Waals surface area contributed by atoms with E-state index in [1.807, 2.05) is 0 Å². The Balaban J connectivity index is 1.91. The molecule has 0 saturated carbocycles. The van der Waals surface area contributed by atoms with E-state index in [-0.39, 0.29) is 16.9 Å². The molecule has 1 aliphatic rings. The van der Waals surface area contributed by atoms with Crippen molar-refractivity contribution in [1.82, 2.24) is 10.0 Å². The summed E-state index contributed by atoms with van der Waals surface area (Å²) in [6.07, 6.45) is 1.47. The molecule has 3 rings (SSSR count). The fourth-order valence-corrected chi connectivity index (χ4v) is 4.66. The summed E-state index contributed by atoms with van der Waals surface area (Å²) in [5, 5.41) is 3.36. The van der Waals surface area contributed by atoms with Crippen LogP contribution in [0.1, 0.15) is 24.0 Å². The third-order valence-corrected chi connectivity index (χ3v) is 6.15. The van der Waals surface area contributed by atoms with E-state index in [9.17, 15) is 17.6 Å². The van der Waals surface area contributed by atoms with E-state index >= 15 is 0 Å². The summed E-state index contributed by atoms with van der Waals surface area (Å²) >= 11 is 6.06. The summed E-state index contributed by atoms with van der Waals surface area (Å²) in [5.74, 6) is -0.687. The van der Waals surface area contributed by atoms with Gasteiger partial charge in [0, 0.05) is 5.02 Å². The van der Waals surface area contributed by atoms with Crippen LogP contribution in [0.2, 0.25) is 5.02 Å². The number of methoxy groups -OCH3 is 1. The first-order valence-electron chi connectivity index (χ1n) is 8.70. The van der Waals surface area contributed by atoms with E-state index in [0.29, 0.717) is 29.3 Å². The Morgan fingerprint density at radius 3 is 2.79 bits per heavy atom. The Morgan fingerprint density at radius 2 is 2.11 bits per heavy atom. The number of amides is 1. The molecule has 150 valence electrons. The molecular formula is C19H20ClFN2O4S. The molecule has 1 amide bonds. The van der Waals surface area contributed by atoms with Gasteiger partial charge in [-0.15, -0.1) is 0 Å². The Labute approximate surface area is 168 Å². The Kier molecular flexibility index (Phi) is 6.22. The van der Waals surface area contributed by atoms with Crippen LogP contribution in [0.5, 0.6) is 5.75 Å². The average Bonchev–Trinajstić information content (AvgIpc) is 3.15. The van der Waals surface area contributed by atoms with Gasteiger partial charge in [-0.1, -0.05) is 11.6 Å². The summed E-state index contributed by atoms with van der Waals surface area (Å²) in [6.45, 7) is 0.663. The fourth-order valence-electron chi connectivity index (χ4n) is 3.18.